The summed E-state index contributed by atoms with van der Waals surface area (Å²) >= 11 is 0. The topological polar surface area (TPSA) is 95.7 Å². The van der Waals surface area contributed by atoms with Crippen LogP contribution in [0.3, 0.4) is 0 Å². The van der Waals surface area contributed by atoms with Crippen LogP contribution in [0.1, 0.15) is 39.5 Å². The Hall–Kier alpha value is -0.700. The van der Waals surface area contributed by atoms with Gasteiger partial charge in [-0.25, -0.2) is 0 Å². The summed E-state index contributed by atoms with van der Waals surface area (Å²) in [5.74, 6) is -0.606. The summed E-state index contributed by atoms with van der Waals surface area (Å²) in [7, 11) is -3.64. The Kier molecular flexibility index (Phi) is 7.58. The Labute approximate surface area is 128 Å². The molecule has 1 amide bonds. The molecule has 0 aromatic carbocycles. The van der Waals surface area contributed by atoms with E-state index in [1.807, 2.05) is 13.8 Å². The maximum absolute atomic E-state index is 12.9. The number of amides is 1. The number of nitrogens with zero attached hydrogens (tertiary/aromatic N) is 2. The molecule has 124 valence electrons. The van der Waals surface area contributed by atoms with Gasteiger partial charge in [0, 0.05) is 19.1 Å². The molecule has 1 heterocycles. The first-order valence-electron chi connectivity index (χ1n) is 7.69. The van der Waals surface area contributed by atoms with Gasteiger partial charge >= 0.3 is 0 Å². The van der Waals surface area contributed by atoms with E-state index < -0.39 is 16.1 Å². The normalized spacial score (nSPS) is 17.5. The summed E-state index contributed by atoms with van der Waals surface area (Å²) in [6.07, 6.45) is 2.91. The third kappa shape index (κ3) is 5.21. The summed E-state index contributed by atoms with van der Waals surface area (Å²) in [5.41, 5.74) is 5.27. The molecular weight excluding hydrogens is 292 g/mol. The molecule has 1 aliphatic heterocycles. The number of carbonyl (C=O) groups is 1. The van der Waals surface area contributed by atoms with Crippen molar-refractivity contribution in [1.29, 1.82) is 0 Å². The van der Waals surface area contributed by atoms with Crippen molar-refractivity contribution in [2.24, 2.45) is 5.73 Å². The maximum Gasteiger partial charge on any atom is 0.282 e. The van der Waals surface area contributed by atoms with Crippen LogP contribution in [0.15, 0.2) is 0 Å². The molecule has 0 spiro atoms. The number of nitrogens with one attached hydrogen (secondary N) is 1. The van der Waals surface area contributed by atoms with Crippen LogP contribution in [0.5, 0.6) is 0 Å². The number of piperidine rings is 1. The molecule has 0 aromatic rings. The molecule has 0 aliphatic carbocycles. The van der Waals surface area contributed by atoms with Crippen LogP contribution in [0, 0.1) is 0 Å². The van der Waals surface area contributed by atoms with Crippen molar-refractivity contribution in [1.82, 2.24) is 13.9 Å². The summed E-state index contributed by atoms with van der Waals surface area (Å²) in [5, 5.41) is 3.20. The molecule has 7 nitrogen and oxygen atoms in total. The predicted molar refractivity (Wildman–Crippen MR) is 82.9 cm³/mol. The largest absolute Gasteiger partial charge is 0.369 e. The zero-order valence-corrected chi connectivity index (χ0v) is 13.9. The number of nitrogens with two attached hydrogens (primary N) is 1. The van der Waals surface area contributed by atoms with Crippen LogP contribution in [-0.2, 0) is 15.0 Å². The lowest BCUT2D eigenvalue weighted by Crippen LogP contribution is -2.54. The molecule has 1 saturated heterocycles. The fourth-order valence-electron chi connectivity index (χ4n) is 2.64. The lowest BCUT2D eigenvalue weighted by atomic mass is 10.1. The highest BCUT2D eigenvalue weighted by molar-refractivity contribution is 7.86. The zero-order valence-electron chi connectivity index (χ0n) is 13.0. The lowest BCUT2D eigenvalue weighted by molar-refractivity contribution is -0.118. The van der Waals surface area contributed by atoms with E-state index in [1.54, 1.807) is 0 Å². The fourth-order valence-corrected chi connectivity index (χ4v) is 4.64. The molecule has 0 radical (unpaired) electrons. The third-order valence-corrected chi connectivity index (χ3v) is 5.63. The molecule has 0 saturated carbocycles. The Morgan fingerprint density at radius 1 is 1.19 bits per heavy atom. The average Bonchev–Trinajstić information content (AvgIpc) is 2.45. The highest BCUT2D eigenvalue weighted by Crippen LogP contribution is 2.19. The van der Waals surface area contributed by atoms with Gasteiger partial charge in [0.05, 0.1) is 6.54 Å². The van der Waals surface area contributed by atoms with Gasteiger partial charge in [0.15, 0.2) is 0 Å². The SMILES string of the molecule is CCCN(CCC)S(=O)(=O)N(CC(N)=O)C1CCNCC1. The number of carbonyl (C=O) groups excluding carboxylic acids is 1. The molecule has 0 atom stereocenters. The molecule has 3 N–H and O–H groups in total. The van der Waals surface area contributed by atoms with E-state index in [0.717, 1.165) is 25.9 Å². The van der Waals surface area contributed by atoms with Gasteiger partial charge in [-0.15, -0.1) is 0 Å². The minimum Gasteiger partial charge on any atom is -0.369 e. The van der Waals surface area contributed by atoms with Gasteiger partial charge in [-0.05, 0) is 38.8 Å². The third-order valence-electron chi connectivity index (χ3n) is 3.60. The van der Waals surface area contributed by atoms with E-state index in [1.165, 1.54) is 8.61 Å². The van der Waals surface area contributed by atoms with Crippen LogP contribution >= 0.6 is 0 Å². The van der Waals surface area contributed by atoms with Crippen molar-refractivity contribution in [2.75, 3.05) is 32.7 Å². The molecule has 1 aliphatic rings. The standard InChI is InChI=1S/C13H28N4O3S/c1-3-9-16(10-4-2)21(19,20)17(11-13(14)18)12-5-7-15-8-6-12/h12,15H,3-11H2,1-2H3,(H2,14,18). The van der Waals surface area contributed by atoms with Crippen molar-refractivity contribution in [3.63, 3.8) is 0 Å². The van der Waals surface area contributed by atoms with Crippen LogP contribution in [0.2, 0.25) is 0 Å². The average molecular weight is 320 g/mol. The molecule has 0 aromatic heterocycles. The molecule has 21 heavy (non-hydrogen) atoms. The lowest BCUT2D eigenvalue weighted by Gasteiger charge is -2.36. The first-order chi connectivity index (χ1) is 9.93. The second kappa shape index (κ2) is 8.67. The van der Waals surface area contributed by atoms with Gasteiger partial charge in [0.25, 0.3) is 10.2 Å². The second-order valence-electron chi connectivity index (χ2n) is 5.40. The van der Waals surface area contributed by atoms with Gasteiger partial charge in [-0.1, -0.05) is 13.8 Å². The van der Waals surface area contributed by atoms with Crippen LogP contribution in [0.25, 0.3) is 0 Å². The van der Waals surface area contributed by atoms with Gasteiger partial charge in [0.2, 0.25) is 5.91 Å². The van der Waals surface area contributed by atoms with Crippen molar-refractivity contribution >= 4 is 16.1 Å². The van der Waals surface area contributed by atoms with Gasteiger partial charge in [-0.3, -0.25) is 4.79 Å². The monoisotopic (exact) mass is 320 g/mol. The Bertz CT molecular complexity index is 415. The number of hydrogen-bond donors (Lipinski definition) is 2. The highest BCUT2D eigenvalue weighted by atomic mass is 32.2. The fraction of sp³-hybridized carbons (Fsp3) is 0.923. The summed E-state index contributed by atoms with van der Waals surface area (Å²) in [6, 6.07) is -0.153. The molecule has 0 bridgehead atoms. The van der Waals surface area contributed by atoms with E-state index >= 15 is 0 Å². The van der Waals surface area contributed by atoms with Crippen molar-refractivity contribution in [3.05, 3.63) is 0 Å². The number of hydrogen-bond acceptors (Lipinski definition) is 4. The Balaban J connectivity index is 2.99. The number of rotatable bonds is 9. The number of primary amides is 1. The zero-order chi connectivity index (χ0) is 15.9. The van der Waals surface area contributed by atoms with Gasteiger partial charge in [-0.2, -0.15) is 17.0 Å². The van der Waals surface area contributed by atoms with Crippen molar-refractivity contribution in [3.8, 4) is 0 Å². The van der Waals surface area contributed by atoms with Gasteiger partial charge in [0.1, 0.15) is 0 Å². The van der Waals surface area contributed by atoms with Crippen LogP contribution < -0.4 is 11.1 Å². The first-order valence-corrected chi connectivity index (χ1v) is 9.09. The minimum absolute atomic E-state index is 0.153. The minimum atomic E-state index is -3.64. The Morgan fingerprint density at radius 2 is 1.71 bits per heavy atom. The van der Waals surface area contributed by atoms with Crippen LogP contribution in [0.4, 0.5) is 0 Å². The quantitative estimate of drug-likeness (QED) is 0.620. The summed E-state index contributed by atoms with van der Waals surface area (Å²) in [4.78, 5) is 11.3. The van der Waals surface area contributed by atoms with E-state index in [0.29, 0.717) is 25.9 Å². The van der Waals surface area contributed by atoms with E-state index in [9.17, 15) is 13.2 Å². The maximum atomic E-state index is 12.9. The summed E-state index contributed by atoms with van der Waals surface area (Å²) < 4.78 is 28.5. The molecule has 1 fully saturated rings. The highest BCUT2D eigenvalue weighted by Gasteiger charge is 2.35. The molecule has 0 unspecified atom stereocenters. The second-order valence-corrected chi connectivity index (χ2v) is 7.28. The van der Waals surface area contributed by atoms with Gasteiger partial charge < -0.3 is 11.1 Å². The predicted octanol–water partition coefficient (Wildman–Crippen LogP) is -0.107. The van der Waals surface area contributed by atoms with E-state index in [-0.39, 0.29) is 12.6 Å². The summed E-state index contributed by atoms with van der Waals surface area (Å²) in [6.45, 7) is 6.11. The smallest absolute Gasteiger partial charge is 0.282 e. The Morgan fingerprint density at radius 3 is 2.14 bits per heavy atom. The van der Waals surface area contributed by atoms with E-state index in [2.05, 4.69) is 5.32 Å². The van der Waals surface area contributed by atoms with Crippen LogP contribution in [-0.4, -0.2) is 61.7 Å². The molecular formula is C13H28N4O3S. The first kappa shape index (κ1) is 18.3. The van der Waals surface area contributed by atoms with E-state index in [4.69, 9.17) is 5.73 Å². The van der Waals surface area contributed by atoms with Crippen molar-refractivity contribution in [2.45, 2.75) is 45.6 Å². The molecule has 8 heteroatoms. The molecule has 1 rings (SSSR count). The van der Waals surface area contributed by atoms with Crippen molar-refractivity contribution < 1.29 is 13.2 Å².